The second-order valence-electron chi connectivity index (χ2n) is 4.97. The van der Waals surface area contributed by atoms with E-state index in [1.807, 2.05) is 12.1 Å². The molecule has 5 heteroatoms. The van der Waals surface area contributed by atoms with Crippen LogP contribution in [-0.4, -0.2) is 11.0 Å². The molecule has 0 fully saturated rings. The Kier molecular flexibility index (Phi) is 4.87. The predicted molar refractivity (Wildman–Crippen MR) is 82.1 cm³/mol. The molecule has 106 valence electrons. The first kappa shape index (κ1) is 14.7. The highest BCUT2D eigenvalue weighted by atomic mass is 32.1. The van der Waals surface area contributed by atoms with Gasteiger partial charge in [0.25, 0.3) is 5.69 Å². The Labute approximate surface area is 122 Å². The van der Waals surface area contributed by atoms with Crippen molar-refractivity contribution in [2.24, 2.45) is 0 Å². The van der Waals surface area contributed by atoms with E-state index in [1.54, 1.807) is 23.5 Å². The highest BCUT2D eigenvalue weighted by Crippen LogP contribution is 2.18. The Hall–Kier alpha value is -1.72. The average Bonchev–Trinajstić information content (AvgIpc) is 2.91. The van der Waals surface area contributed by atoms with Crippen molar-refractivity contribution in [3.63, 3.8) is 0 Å². The molecule has 1 aromatic carbocycles. The minimum absolute atomic E-state index is 0.132. The molecule has 2 unspecified atom stereocenters. The van der Waals surface area contributed by atoms with E-state index in [0.717, 1.165) is 12.0 Å². The van der Waals surface area contributed by atoms with Crippen molar-refractivity contribution in [2.45, 2.75) is 32.4 Å². The predicted octanol–water partition coefficient (Wildman–Crippen LogP) is 3.94. The summed E-state index contributed by atoms with van der Waals surface area (Å²) in [6.07, 6.45) is 0.987. The van der Waals surface area contributed by atoms with Crippen LogP contribution in [0.5, 0.6) is 0 Å². The van der Waals surface area contributed by atoms with Crippen LogP contribution in [0.25, 0.3) is 0 Å². The summed E-state index contributed by atoms with van der Waals surface area (Å²) in [5.74, 6) is 0. The molecule has 0 aliphatic heterocycles. The summed E-state index contributed by atoms with van der Waals surface area (Å²) in [6.45, 7) is 4.23. The zero-order chi connectivity index (χ0) is 14.5. The van der Waals surface area contributed by atoms with E-state index >= 15 is 0 Å². The molecular formula is C15H18N2O2S. The molecule has 0 bridgehead atoms. The van der Waals surface area contributed by atoms with Crippen LogP contribution in [0, 0.1) is 10.1 Å². The van der Waals surface area contributed by atoms with Crippen LogP contribution >= 0.6 is 11.3 Å². The van der Waals surface area contributed by atoms with Crippen LogP contribution in [0.15, 0.2) is 41.1 Å². The first-order valence-corrected chi connectivity index (χ1v) is 7.52. The van der Waals surface area contributed by atoms with Gasteiger partial charge in [0, 0.05) is 24.2 Å². The smallest absolute Gasteiger partial charge is 0.269 e. The lowest BCUT2D eigenvalue weighted by Crippen LogP contribution is -2.30. The molecule has 1 N–H and O–H groups in total. The molecular weight excluding hydrogens is 272 g/mol. The fourth-order valence-corrected chi connectivity index (χ4v) is 2.91. The highest BCUT2D eigenvalue weighted by Gasteiger charge is 2.12. The lowest BCUT2D eigenvalue weighted by atomic mass is 10.1. The van der Waals surface area contributed by atoms with Gasteiger partial charge in [-0.25, -0.2) is 0 Å². The molecule has 0 saturated heterocycles. The van der Waals surface area contributed by atoms with E-state index in [9.17, 15) is 10.1 Å². The monoisotopic (exact) mass is 290 g/mol. The second kappa shape index (κ2) is 6.63. The zero-order valence-electron chi connectivity index (χ0n) is 11.6. The number of non-ortho nitro benzene ring substituents is 1. The standard InChI is InChI=1S/C15H18N2O2S/c1-11(9-13-7-8-20-10-13)16-12(2)14-3-5-15(6-4-14)17(18)19/h3-8,10-12,16H,9H2,1-2H3. The summed E-state index contributed by atoms with van der Waals surface area (Å²) >= 11 is 1.71. The maximum Gasteiger partial charge on any atom is 0.269 e. The summed E-state index contributed by atoms with van der Waals surface area (Å²) < 4.78 is 0. The number of hydrogen-bond donors (Lipinski definition) is 1. The van der Waals surface area contributed by atoms with Crippen LogP contribution in [0.4, 0.5) is 5.69 Å². The number of nitrogens with zero attached hydrogens (tertiary/aromatic N) is 1. The first-order chi connectivity index (χ1) is 9.56. The van der Waals surface area contributed by atoms with E-state index in [0.29, 0.717) is 6.04 Å². The van der Waals surface area contributed by atoms with Gasteiger partial charge >= 0.3 is 0 Å². The number of nitrogens with one attached hydrogen (secondary N) is 1. The van der Waals surface area contributed by atoms with Gasteiger partial charge in [0.05, 0.1) is 4.92 Å². The lowest BCUT2D eigenvalue weighted by molar-refractivity contribution is -0.384. The summed E-state index contributed by atoms with van der Waals surface area (Å²) in [5.41, 5.74) is 2.53. The van der Waals surface area contributed by atoms with Gasteiger partial charge in [0.2, 0.25) is 0 Å². The fraction of sp³-hybridized carbons (Fsp3) is 0.333. The van der Waals surface area contributed by atoms with Gasteiger partial charge < -0.3 is 5.32 Å². The minimum atomic E-state index is -0.374. The van der Waals surface area contributed by atoms with E-state index in [2.05, 4.69) is 36.0 Å². The van der Waals surface area contributed by atoms with Crippen LogP contribution in [0.3, 0.4) is 0 Å². The Bertz CT molecular complexity index is 552. The first-order valence-electron chi connectivity index (χ1n) is 6.57. The van der Waals surface area contributed by atoms with Gasteiger partial charge in [-0.3, -0.25) is 10.1 Å². The molecule has 2 atom stereocenters. The van der Waals surface area contributed by atoms with Crippen molar-refractivity contribution in [3.8, 4) is 0 Å². The van der Waals surface area contributed by atoms with Gasteiger partial charge in [-0.15, -0.1) is 0 Å². The maximum absolute atomic E-state index is 10.6. The van der Waals surface area contributed by atoms with Crippen molar-refractivity contribution < 1.29 is 4.92 Å². The van der Waals surface area contributed by atoms with Crippen LogP contribution in [-0.2, 0) is 6.42 Å². The van der Waals surface area contributed by atoms with Crippen molar-refractivity contribution in [2.75, 3.05) is 0 Å². The summed E-state index contributed by atoms with van der Waals surface area (Å²) in [4.78, 5) is 10.3. The Morgan fingerprint density at radius 1 is 1.25 bits per heavy atom. The molecule has 0 spiro atoms. The molecule has 1 heterocycles. The van der Waals surface area contributed by atoms with Crippen molar-refractivity contribution in [3.05, 3.63) is 62.3 Å². The Morgan fingerprint density at radius 3 is 2.50 bits per heavy atom. The zero-order valence-corrected chi connectivity index (χ0v) is 12.4. The minimum Gasteiger partial charge on any atom is -0.307 e. The molecule has 0 amide bonds. The Balaban J connectivity index is 1.93. The van der Waals surface area contributed by atoms with Crippen LogP contribution in [0.2, 0.25) is 0 Å². The van der Waals surface area contributed by atoms with E-state index in [-0.39, 0.29) is 16.7 Å². The third kappa shape index (κ3) is 3.88. The molecule has 0 radical (unpaired) electrons. The number of nitro benzene ring substituents is 1. The topological polar surface area (TPSA) is 55.2 Å². The molecule has 4 nitrogen and oxygen atoms in total. The summed E-state index contributed by atoms with van der Waals surface area (Å²) in [6, 6.07) is 9.40. The van der Waals surface area contributed by atoms with Crippen molar-refractivity contribution >= 4 is 17.0 Å². The third-order valence-corrected chi connectivity index (χ3v) is 3.99. The summed E-state index contributed by atoms with van der Waals surface area (Å²) in [5, 5.41) is 18.4. The van der Waals surface area contributed by atoms with E-state index in [4.69, 9.17) is 0 Å². The highest BCUT2D eigenvalue weighted by molar-refractivity contribution is 7.07. The van der Waals surface area contributed by atoms with Crippen molar-refractivity contribution in [1.29, 1.82) is 0 Å². The number of rotatable bonds is 6. The number of thiophene rings is 1. The SMILES string of the molecule is CC(Cc1ccsc1)NC(C)c1ccc([N+](=O)[O-])cc1. The largest absolute Gasteiger partial charge is 0.307 e. The number of benzene rings is 1. The van der Waals surface area contributed by atoms with Gasteiger partial charge in [0.1, 0.15) is 0 Å². The quantitative estimate of drug-likeness (QED) is 0.647. The molecule has 2 aromatic rings. The maximum atomic E-state index is 10.6. The van der Waals surface area contributed by atoms with Crippen LogP contribution < -0.4 is 5.32 Å². The van der Waals surface area contributed by atoms with Crippen LogP contribution in [0.1, 0.15) is 31.0 Å². The number of hydrogen-bond acceptors (Lipinski definition) is 4. The molecule has 0 aliphatic carbocycles. The third-order valence-electron chi connectivity index (χ3n) is 3.26. The van der Waals surface area contributed by atoms with Gasteiger partial charge in [-0.05, 0) is 48.2 Å². The van der Waals surface area contributed by atoms with Crippen molar-refractivity contribution in [1.82, 2.24) is 5.32 Å². The van der Waals surface area contributed by atoms with Gasteiger partial charge in [0.15, 0.2) is 0 Å². The molecule has 2 rings (SSSR count). The number of nitro groups is 1. The van der Waals surface area contributed by atoms with Gasteiger partial charge in [-0.1, -0.05) is 12.1 Å². The second-order valence-corrected chi connectivity index (χ2v) is 5.75. The molecule has 0 aliphatic rings. The Morgan fingerprint density at radius 2 is 1.95 bits per heavy atom. The lowest BCUT2D eigenvalue weighted by Gasteiger charge is -2.20. The average molecular weight is 290 g/mol. The van der Waals surface area contributed by atoms with Gasteiger partial charge in [-0.2, -0.15) is 11.3 Å². The molecule has 0 saturated carbocycles. The molecule has 1 aromatic heterocycles. The normalized spacial score (nSPS) is 13.9. The van der Waals surface area contributed by atoms with E-state index in [1.165, 1.54) is 5.56 Å². The molecule has 20 heavy (non-hydrogen) atoms. The van der Waals surface area contributed by atoms with E-state index < -0.39 is 0 Å². The fourth-order valence-electron chi connectivity index (χ4n) is 2.23. The summed E-state index contributed by atoms with van der Waals surface area (Å²) in [7, 11) is 0.